The molecule has 0 spiro atoms. The first-order valence-corrected chi connectivity index (χ1v) is 13.5. The molecule has 0 saturated heterocycles. The molecule has 1 aromatic carbocycles. The molecule has 10 nitrogen and oxygen atoms in total. The van der Waals surface area contributed by atoms with Crippen molar-refractivity contribution in [3.8, 4) is 5.75 Å². The van der Waals surface area contributed by atoms with Crippen LogP contribution in [0.25, 0.3) is 0 Å². The van der Waals surface area contributed by atoms with Gasteiger partial charge in [-0.05, 0) is 63.8 Å². The minimum atomic E-state index is -1.32. The lowest BCUT2D eigenvalue weighted by Crippen LogP contribution is -2.54. The number of amides is 4. The van der Waals surface area contributed by atoms with Gasteiger partial charge in [-0.2, -0.15) is 0 Å². The topological polar surface area (TPSA) is 151 Å². The van der Waals surface area contributed by atoms with E-state index in [4.69, 9.17) is 10.5 Å². The predicted octanol–water partition coefficient (Wildman–Crippen LogP) is 3.84. The van der Waals surface area contributed by atoms with Crippen LogP contribution in [0.1, 0.15) is 96.7 Å². The Hall–Kier alpha value is -3.30. The molecular weight excluding hydrogens is 488 g/mol. The first kappa shape index (κ1) is 32.7. The van der Waals surface area contributed by atoms with Gasteiger partial charge in [0.1, 0.15) is 23.4 Å². The van der Waals surface area contributed by atoms with Crippen LogP contribution in [0.3, 0.4) is 0 Å². The highest BCUT2D eigenvalue weighted by Crippen LogP contribution is 2.28. The van der Waals surface area contributed by atoms with Crippen molar-refractivity contribution >= 4 is 23.8 Å². The third-order valence-electron chi connectivity index (χ3n) is 5.86. The number of rotatable bonds is 15. The van der Waals surface area contributed by atoms with Crippen LogP contribution in [-0.4, -0.2) is 58.6 Å². The van der Waals surface area contributed by atoms with E-state index in [-0.39, 0.29) is 18.2 Å². The summed E-state index contributed by atoms with van der Waals surface area (Å²) in [5.41, 5.74) is 5.66. The van der Waals surface area contributed by atoms with Crippen LogP contribution in [0.15, 0.2) is 18.2 Å². The number of alkyl carbamates (subject to hydrolysis) is 1. The van der Waals surface area contributed by atoms with Crippen LogP contribution in [0.4, 0.5) is 4.79 Å². The van der Waals surface area contributed by atoms with Gasteiger partial charge >= 0.3 is 6.09 Å². The van der Waals surface area contributed by atoms with E-state index >= 15 is 0 Å². The standard InChI is InChI=1S/C28H46N4O6/c1-7-9-11-15-30-25(35)24(20-13-14-22(33)19(3)17-20)32(16-12-10-8-2)26(36)21(18-23(29)34)31-27(37)38-28(4,5)6/h13-14,17,21,24,33H,7-12,15-16,18H2,1-6H3,(H2,29,34)(H,30,35)(H,31,37). The Bertz CT molecular complexity index is 944. The van der Waals surface area contributed by atoms with Crippen LogP contribution in [0.2, 0.25) is 0 Å². The molecule has 0 radical (unpaired) electrons. The normalized spacial score (nSPS) is 12.8. The Morgan fingerprint density at radius 2 is 1.68 bits per heavy atom. The van der Waals surface area contributed by atoms with Crippen molar-refractivity contribution in [2.45, 2.75) is 104 Å². The van der Waals surface area contributed by atoms with E-state index in [9.17, 15) is 24.3 Å². The molecule has 0 saturated carbocycles. The highest BCUT2D eigenvalue weighted by molar-refractivity contribution is 5.94. The van der Waals surface area contributed by atoms with Crippen molar-refractivity contribution in [2.24, 2.45) is 5.73 Å². The third-order valence-corrected chi connectivity index (χ3v) is 5.86. The van der Waals surface area contributed by atoms with E-state index in [1.807, 2.05) is 6.92 Å². The summed E-state index contributed by atoms with van der Waals surface area (Å²) in [6.45, 7) is 11.5. The van der Waals surface area contributed by atoms with Gasteiger partial charge in [-0.15, -0.1) is 0 Å². The SMILES string of the molecule is CCCCCNC(=O)C(c1ccc(O)c(C)c1)N(CCCCC)C(=O)C(CC(N)=O)NC(=O)OC(C)(C)C. The summed E-state index contributed by atoms with van der Waals surface area (Å²) in [5, 5.41) is 15.5. The lowest BCUT2D eigenvalue weighted by Gasteiger charge is -2.34. The maximum Gasteiger partial charge on any atom is 0.408 e. The number of unbranched alkanes of at least 4 members (excludes halogenated alkanes) is 4. The summed E-state index contributed by atoms with van der Waals surface area (Å²) < 4.78 is 5.30. The largest absolute Gasteiger partial charge is 0.508 e. The molecule has 0 aliphatic carbocycles. The Morgan fingerprint density at radius 3 is 2.24 bits per heavy atom. The summed E-state index contributed by atoms with van der Waals surface area (Å²) in [6.07, 6.45) is 3.70. The fraction of sp³-hybridized carbons (Fsp3) is 0.643. The number of nitrogens with one attached hydrogen (secondary N) is 2. The molecule has 1 rings (SSSR count). The fourth-order valence-electron chi connectivity index (χ4n) is 3.95. The van der Waals surface area contributed by atoms with Gasteiger partial charge in [0.25, 0.3) is 0 Å². The molecule has 0 heterocycles. The van der Waals surface area contributed by atoms with Crippen molar-refractivity contribution in [3.05, 3.63) is 29.3 Å². The number of phenols is 1. The van der Waals surface area contributed by atoms with Crippen LogP contribution in [-0.2, 0) is 19.1 Å². The molecule has 4 amide bonds. The second-order valence-corrected chi connectivity index (χ2v) is 10.6. The zero-order chi connectivity index (χ0) is 28.9. The lowest BCUT2D eigenvalue weighted by atomic mass is 9.99. The number of nitrogens with zero attached hydrogens (tertiary/aromatic N) is 1. The molecule has 1 aromatic rings. The first-order chi connectivity index (χ1) is 17.8. The maximum atomic E-state index is 13.9. The van der Waals surface area contributed by atoms with E-state index in [1.165, 1.54) is 11.0 Å². The number of benzene rings is 1. The van der Waals surface area contributed by atoms with Crippen LogP contribution in [0, 0.1) is 6.92 Å². The summed E-state index contributed by atoms with van der Waals surface area (Å²) in [7, 11) is 0. The maximum absolute atomic E-state index is 13.9. The van der Waals surface area contributed by atoms with Gasteiger partial charge in [-0.1, -0.05) is 45.6 Å². The van der Waals surface area contributed by atoms with Gasteiger partial charge in [-0.3, -0.25) is 14.4 Å². The molecule has 2 atom stereocenters. The van der Waals surface area contributed by atoms with Gasteiger partial charge in [0.15, 0.2) is 0 Å². The molecule has 0 aliphatic heterocycles. The second kappa shape index (κ2) is 15.8. The number of primary amides is 1. The number of carbonyl (C=O) groups excluding carboxylic acids is 4. The summed E-state index contributed by atoms with van der Waals surface area (Å²) in [4.78, 5) is 53.3. The minimum absolute atomic E-state index is 0.0675. The Kier molecular flexibility index (Phi) is 13.6. The highest BCUT2D eigenvalue weighted by Gasteiger charge is 2.36. The van der Waals surface area contributed by atoms with E-state index in [2.05, 4.69) is 17.6 Å². The summed E-state index contributed by atoms with van der Waals surface area (Å²) >= 11 is 0. The van der Waals surface area contributed by atoms with E-state index in [0.29, 0.717) is 24.1 Å². The van der Waals surface area contributed by atoms with Crippen LogP contribution >= 0.6 is 0 Å². The van der Waals surface area contributed by atoms with Crippen molar-refractivity contribution in [1.29, 1.82) is 0 Å². The number of aryl methyl sites for hydroxylation is 1. The van der Waals surface area contributed by atoms with Crippen molar-refractivity contribution in [1.82, 2.24) is 15.5 Å². The molecule has 38 heavy (non-hydrogen) atoms. The smallest absolute Gasteiger partial charge is 0.408 e. The van der Waals surface area contributed by atoms with E-state index < -0.39 is 42.0 Å². The van der Waals surface area contributed by atoms with Gasteiger partial charge in [0.2, 0.25) is 17.7 Å². The van der Waals surface area contributed by atoms with Crippen molar-refractivity contribution in [3.63, 3.8) is 0 Å². The van der Waals surface area contributed by atoms with Crippen molar-refractivity contribution in [2.75, 3.05) is 13.1 Å². The number of carbonyl (C=O) groups is 4. The molecule has 5 N–H and O–H groups in total. The lowest BCUT2D eigenvalue weighted by molar-refractivity contribution is -0.143. The molecule has 0 bridgehead atoms. The van der Waals surface area contributed by atoms with Crippen LogP contribution in [0.5, 0.6) is 5.75 Å². The number of nitrogens with two attached hydrogens (primary N) is 1. The Balaban J connectivity index is 3.48. The molecule has 10 heteroatoms. The summed E-state index contributed by atoms with van der Waals surface area (Å²) in [5.74, 6) is -1.72. The Morgan fingerprint density at radius 1 is 1.05 bits per heavy atom. The molecular formula is C28H46N4O6. The number of ether oxygens (including phenoxy) is 1. The zero-order valence-electron chi connectivity index (χ0n) is 23.8. The second-order valence-electron chi connectivity index (χ2n) is 10.6. The van der Waals surface area contributed by atoms with Crippen LogP contribution < -0.4 is 16.4 Å². The molecule has 0 fully saturated rings. The van der Waals surface area contributed by atoms with E-state index in [0.717, 1.165) is 32.1 Å². The quantitative estimate of drug-likeness (QED) is 0.251. The fourth-order valence-corrected chi connectivity index (χ4v) is 3.95. The van der Waals surface area contributed by atoms with Gasteiger partial charge in [0, 0.05) is 13.1 Å². The molecule has 0 aromatic heterocycles. The summed E-state index contributed by atoms with van der Waals surface area (Å²) in [6, 6.07) is 2.38. The van der Waals surface area contributed by atoms with Gasteiger partial charge < -0.3 is 31.1 Å². The first-order valence-electron chi connectivity index (χ1n) is 13.5. The molecule has 2 unspecified atom stereocenters. The van der Waals surface area contributed by atoms with E-state index in [1.54, 1.807) is 39.8 Å². The average Bonchev–Trinajstić information content (AvgIpc) is 2.81. The Labute approximate surface area is 226 Å². The minimum Gasteiger partial charge on any atom is -0.508 e. The number of aromatic hydroxyl groups is 1. The monoisotopic (exact) mass is 534 g/mol. The predicted molar refractivity (Wildman–Crippen MR) is 146 cm³/mol. The van der Waals surface area contributed by atoms with Gasteiger partial charge in [-0.25, -0.2) is 4.79 Å². The molecule has 214 valence electrons. The number of phenolic OH excluding ortho intramolecular Hbond substituents is 1. The van der Waals surface area contributed by atoms with Crippen molar-refractivity contribution < 1.29 is 29.0 Å². The number of hydrogen-bond donors (Lipinski definition) is 4. The average molecular weight is 535 g/mol. The number of hydrogen-bond acceptors (Lipinski definition) is 6. The van der Waals surface area contributed by atoms with Gasteiger partial charge in [0.05, 0.1) is 6.42 Å². The molecule has 0 aliphatic rings. The highest BCUT2D eigenvalue weighted by atomic mass is 16.6. The zero-order valence-corrected chi connectivity index (χ0v) is 23.8. The third kappa shape index (κ3) is 11.4.